The molecule has 1 amide bonds. The number of hydrogen-bond acceptors (Lipinski definition) is 9. The topological polar surface area (TPSA) is 133 Å². The molecule has 1 aromatic carbocycles. The molecule has 0 radical (unpaired) electrons. The van der Waals surface area contributed by atoms with Crippen molar-refractivity contribution in [3.63, 3.8) is 0 Å². The second kappa shape index (κ2) is 8.29. The molecule has 3 N–H and O–H groups in total. The average molecular weight is 397 g/mol. The Hall–Kier alpha value is -1.79. The summed E-state index contributed by atoms with van der Waals surface area (Å²) in [6, 6.07) is 5.27. The predicted octanol–water partition coefficient (Wildman–Crippen LogP) is 0.639. The lowest BCUT2D eigenvalue weighted by Gasteiger charge is -2.49. The maximum atomic E-state index is 11.6. The summed E-state index contributed by atoms with van der Waals surface area (Å²) in [5, 5.41) is 32.9. The van der Waals surface area contributed by atoms with Crippen LogP contribution < -0.4 is 10.5 Å². The van der Waals surface area contributed by atoms with E-state index in [2.05, 4.69) is 5.32 Å². The fourth-order valence-electron chi connectivity index (χ4n) is 3.27. The lowest BCUT2D eigenvalue weighted by molar-refractivity contribution is -0.369. The number of amides is 1. The molecular formula is C18H25N2O8-. The molecule has 0 saturated carbocycles. The van der Waals surface area contributed by atoms with Crippen LogP contribution in [-0.4, -0.2) is 59.3 Å². The van der Waals surface area contributed by atoms with E-state index in [1.807, 2.05) is 0 Å². The standard InChI is InChI=1S/C18H25N2O8/c1-10(21)19-14-15(22)16-13(9-26-18(2,3)28-16)27-17(14)25-8-11-4-6-12(7-5-11)20(23)24/h4-7,13-17,22-23H,8-9H2,1-3H3,(H,19,21)/q-1/t13-,14-,15-,16-,17+/m1/s1. The number of nitrogens with zero attached hydrogens (tertiary/aromatic N) is 1. The third kappa shape index (κ3) is 4.78. The van der Waals surface area contributed by atoms with Crippen molar-refractivity contribution in [1.29, 1.82) is 0 Å². The molecule has 28 heavy (non-hydrogen) atoms. The summed E-state index contributed by atoms with van der Waals surface area (Å²) in [6.07, 6.45) is -3.21. The van der Waals surface area contributed by atoms with Crippen LogP contribution in [0.25, 0.3) is 0 Å². The lowest BCUT2D eigenvalue weighted by atomic mass is 9.95. The number of aliphatic hydroxyl groups excluding tert-OH is 1. The second-order valence-corrected chi connectivity index (χ2v) is 7.30. The number of hydrogen-bond donors (Lipinski definition) is 3. The molecule has 10 nitrogen and oxygen atoms in total. The van der Waals surface area contributed by atoms with E-state index in [4.69, 9.17) is 24.2 Å². The summed E-state index contributed by atoms with van der Waals surface area (Å²) in [4.78, 5) is 11.6. The smallest absolute Gasteiger partial charge is 0.217 e. The van der Waals surface area contributed by atoms with Crippen molar-refractivity contribution in [2.24, 2.45) is 0 Å². The Labute approximate surface area is 162 Å². The van der Waals surface area contributed by atoms with E-state index < -0.39 is 36.4 Å². The quantitative estimate of drug-likeness (QED) is 0.612. The van der Waals surface area contributed by atoms with Gasteiger partial charge in [-0.15, -0.1) is 0 Å². The number of carbonyl (C=O) groups excluding carboxylic acids is 1. The van der Waals surface area contributed by atoms with Gasteiger partial charge in [0.1, 0.15) is 24.4 Å². The van der Waals surface area contributed by atoms with E-state index in [1.54, 1.807) is 26.0 Å². The van der Waals surface area contributed by atoms with E-state index >= 15 is 0 Å². The van der Waals surface area contributed by atoms with E-state index in [0.717, 1.165) is 0 Å². The molecule has 3 rings (SSSR count). The third-order valence-electron chi connectivity index (χ3n) is 4.63. The average Bonchev–Trinajstić information content (AvgIpc) is 2.63. The van der Waals surface area contributed by atoms with Gasteiger partial charge in [-0.25, -0.2) is 0 Å². The lowest BCUT2D eigenvalue weighted by Crippen LogP contribution is -2.68. The van der Waals surface area contributed by atoms with Crippen LogP contribution in [0.4, 0.5) is 5.69 Å². The summed E-state index contributed by atoms with van der Waals surface area (Å²) in [5.41, 5.74) is 0.802. The first kappa shape index (κ1) is 20.9. The summed E-state index contributed by atoms with van der Waals surface area (Å²) in [7, 11) is 0. The van der Waals surface area contributed by atoms with Crippen LogP contribution in [0.5, 0.6) is 0 Å². The highest BCUT2D eigenvalue weighted by Crippen LogP contribution is 2.33. The monoisotopic (exact) mass is 397 g/mol. The summed E-state index contributed by atoms with van der Waals surface area (Å²) < 4.78 is 23.1. The Bertz CT molecular complexity index is 681. The van der Waals surface area contributed by atoms with Crippen LogP contribution in [-0.2, 0) is 30.3 Å². The first-order valence-corrected chi connectivity index (χ1v) is 8.95. The molecule has 2 heterocycles. The maximum absolute atomic E-state index is 11.6. The van der Waals surface area contributed by atoms with E-state index in [9.17, 15) is 15.1 Å². The summed E-state index contributed by atoms with van der Waals surface area (Å²) in [5.74, 6) is -1.21. The number of nitrogens with one attached hydrogen (secondary N) is 1. The second-order valence-electron chi connectivity index (χ2n) is 7.30. The normalized spacial score (nSPS) is 31.7. The van der Waals surface area contributed by atoms with Crippen molar-refractivity contribution in [2.45, 2.75) is 63.8 Å². The molecule has 5 atom stereocenters. The number of fused-ring (bicyclic) bond motifs is 1. The molecule has 2 fully saturated rings. The molecule has 2 saturated heterocycles. The van der Waals surface area contributed by atoms with E-state index in [-0.39, 0.29) is 30.0 Å². The zero-order valence-corrected chi connectivity index (χ0v) is 15.9. The Morgan fingerprint density at radius 2 is 2.07 bits per heavy atom. The molecule has 0 aliphatic carbocycles. The number of ether oxygens (including phenoxy) is 4. The molecule has 2 aliphatic rings. The van der Waals surface area contributed by atoms with Gasteiger partial charge in [-0.1, -0.05) is 12.1 Å². The molecule has 0 unspecified atom stereocenters. The Morgan fingerprint density at radius 1 is 1.39 bits per heavy atom. The van der Waals surface area contributed by atoms with Crippen LogP contribution in [0, 0.1) is 5.21 Å². The van der Waals surface area contributed by atoms with Crippen LogP contribution in [0.3, 0.4) is 0 Å². The summed E-state index contributed by atoms with van der Waals surface area (Å²) >= 11 is 0. The van der Waals surface area contributed by atoms with Gasteiger partial charge in [0.15, 0.2) is 12.1 Å². The van der Waals surface area contributed by atoms with Gasteiger partial charge in [0, 0.05) is 6.92 Å². The zero-order valence-electron chi connectivity index (χ0n) is 15.9. The number of rotatable bonds is 5. The van der Waals surface area contributed by atoms with Gasteiger partial charge in [0.2, 0.25) is 5.91 Å². The predicted molar refractivity (Wildman–Crippen MR) is 96.0 cm³/mol. The minimum Gasteiger partial charge on any atom is -0.733 e. The minimum atomic E-state index is -1.05. The van der Waals surface area contributed by atoms with Gasteiger partial charge in [-0.2, -0.15) is 0 Å². The molecule has 0 aromatic heterocycles. The highest BCUT2D eigenvalue weighted by molar-refractivity contribution is 5.73. The van der Waals surface area contributed by atoms with Gasteiger partial charge in [-0.3, -0.25) is 10.0 Å². The molecular weight excluding hydrogens is 372 g/mol. The first-order chi connectivity index (χ1) is 13.2. The number of carbonyl (C=O) groups is 1. The van der Waals surface area contributed by atoms with E-state index in [1.165, 1.54) is 19.1 Å². The van der Waals surface area contributed by atoms with Gasteiger partial charge in [0.25, 0.3) is 0 Å². The molecule has 156 valence electrons. The molecule has 1 aromatic rings. The van der Waals surface area contributed by atoms with Crippen LogP contribution in [0.2, 0.25) is 0 Å². The van der Waals surface area contributed by atoms with Crippen molar-refractivity contribution >= 4 is 11.6 Å². The maximum Gasteiger partial charge on any atom is 0.217 e. The van der Waals surface area contributed by atoms with Crippen molar-refractivity contribution in [2.75, 3.05) is 11.8 Å². The van der Waals surface area contributed by atoms with E-state index in [0.29, 0.717) is 5.56 Å². The highest BCUT2D eigenvalue weighted by Gasteiger charge is 2.51. The van der Waals surface area contributed by atoms with Gasteiger partial charge >= 0.3 is 0 Å². The number of aliphatic hydroxyl groups is 1. The van der Waals surface area contributed by atoms with Gasteiger partial charge in [-0.05, 0) is 31.5 Å². The van der Waals surface area contributed by atoms with Crippen molar-refractivity contribution in [1.82, 2.24) is 5.32 Å². The Kier molecular flexibility index (Phi) is 6.20. The SMILES string of the molecule is CC(=O)N[C@H]1[C@@H](OCc2ccc(N([O-])O)cc2)O[C@@H]2COC(C)(C)O[C@H]2[C@@H]1O. The summed E-state index contributed by atoms with van der Waals surface area (Å²) in [6.45, 7) is 5.14. The third-order valence-corrected chi connectivity index (χ3v) is 4.63. The minimum absolute atomic E-state index is 0.0890. The van der Waals surface area contributed by atoms with Crippen LogP contribution in [0.1, 0.15) is 26.3 Å². The highest BCUT2D eigenvalue weighted by atomic mass is 16.8. The largest absolute Gasteiger partial charge is 0.733 e. The molecule has 10 heteroatoms. The Morgan fingerprint density at radius 3 is 2.68 bits per heavy atom. The van der Waals surface area contributed by atoms with Crippen LogP contribution >= 0.6 is 0 Å². The first-order valence-electron chi connectivity index (χ1n) is 8.95. The van der Waals surface area contributed by atoms with Gasteiger partial charge < -0.3 is 39.8 Å². The van der Waals surface area contributed by atoms with Crippen molar-refractivity contribution < 1.29 is 34.1 Å². The van der Waals surface area contributed by atoms with Crippen LogP contribution in [0.15, 0.2) is 24.3 Å². The number of anilines is 1. The fraction of sp³-hybridized carbons (Fsp3) is 0.611. The van der Waals surface area contributed by atoms with Gasteiger partial charge in [0.05, 0.1) is 18.9 Å². The molecule has 2 aliphatic heterocycles. The van der Waals surface area contributed by atoms with Crippen molar-refractivity contribution in [3.8, 4) is 0 Å². The number of benzene rings is 1. The zero-order chi connectivity index (χ0) is 20.5. The molecule has 0 bridgehead atoms. The Balaban J connectivity index is 1.70. The van der Waals surface area contributed by atoms with Crippen molar-refractivity contribution in [3.05, 3.63) is 35.0 Å². The fourth-order valence-corrected chi connectivity index (χ4v) is 3.27. The molecule has 0 spiro atoms.